The number of rotatable bonds is 7. The lowest BCUT2D eigenvalue weighted by Crippen LogP contribution is -2.26. The van der Waals surface area contributed by atoms with Crippen molar-refractivity contribution in [2.24, 2.45) is 4.99 Å². The van der Waals surface area contributed by atoms with Gasteiger partial charge in [-0.3, -0.25) is 4.79 Å². The normalized spacial score (nSPS) is 11.0. The minimum atomic E-state index is -0.612. The van der Waals surface area contributed by atoms with Crippen LogP contribution >= 0.6 is 0 Å². The average Bonchev–Trinajstić information content (AvgIpc) is 2.61. The van der Waals surface area contributed by atoms with Gasteiger partial charge in [-0.15, -0.1) is 0 Å². The van der Waals surface area contributed by atoms with Crippen molar-refractivity contribution in [2.45, 2.75) is 13.8 Å². The fourth-order valence-corrected chi connectivity index (χ4v) is 2.37. The predicted molar refractivity (Wildman–Crippen MR) is 102 cm³/mol. The molecule has 2 aromatic carbocycles. The Morgan fingerprint density at radius 2 is 1.92 bits per heavy atom. The van der Waals surface area contributed by atoms with E-state index in [0.717, 1.165) is 6.54 Å². The Bertz CT molecular complexity index is 821. The number of carbonyl (C=O) groups excluding carboxylic acids is 1. The standard InChI is InChI=1S/C20H23F2N3O/c1-5-24(3)13-23-19-11-18(22)17(9-14(19)2)20(26)12-25(4)16-8-6-7-15(21)10-16/h6-11,13H,5,12H2,1-4H3. The van der Waals surface area contributed by atoms with Crippen LogP contribution in [0.5, 0.6) is 0 Å². The fraction of sp³-hybridized carbons (Fsp3) is 0.300. The summed E-state index contributed by atoms with van der Waals surface area (Å²) in [6.07, 6.45) is 1.63. The lowest BCUT2D eigenvalue weighted by atomic mass is 10.0. The Labute approximate surface area is 152 Å². The molecule has 0 fully saturated rings. The molecule has 0 bridgehead atoms. The van der Waals surface area contributed by atoms with Crippen LogP contribution in [0.15, 0.2) is 41.4 Å². The summed E-state index contributed by atoms with van der Waals surface area (Å²) in [6, 6.07) is 8.70. The van der Waals surface area contributed by atoms with Gasteiger partial charge in [-0.2, -0.15) is 0 Å². The van der Waals surface area contributed by atoms with Gasteiger partial charge in [0, 0.05) is 32.4 Å². The number of aryl methyl sites for hydroxylation is 1. The summed E-state index contributed by atoms with van der Waals surface area (Å²) < 4.78 is 27.7. The summed E-state index contributed by atoms with van der Waals surface area (Å²) in [5, 5.41) is 0. The number of benzene rings is 2. The molecule has 0 saturated carbocycles. The third-order valence-electron chi connectivity index (χ3n) is 4.11. The molecule has 0 radical (unpaired) electrons. The molecule has 0 aliphatic heterocycles. The Kier molecular flexibility index (Phi) is 6.44. The second-order valence-corrected chi connectivity index (χ2v) is 6.20. The Morgan fingerprint density at radius 1 is 1.19 bits per heavy atom. The van der Waals surface area contributed by atoms with E-state index in [4.69, 9.17) is 0 Å². The molecular weight excluding hydrogens is 336 g/mol. The lowest BCUT2D eigenvalue weighted by molar-refractivity contribution is 0.0996. The summed E-state index contributed by atoms with van der Waals surface area (Å²) in [7, 11) is 3.53. The van der Waals surface area contributed by atoms with E-state index in [9.17, 15) is 13.6 Å². The van der Waals surface area contributed by atoms with E-state index in [0.29, 0.717) is 16.9 Å². The van der Waals surface area contributed by atoms with Crippen molar-refractivity contribution < 1.29 is 13.6 Å². The number of ketones is 1. The highest BCUT2D eigenvalue weighted by Crippen LogP contribution is 2.24. The van der Waals surface area contributed by atoms with Crippen molar-refractivity contribution >= 4 is 23.5 Å². The van der Waals surface area contributed by atoms with Gasteiger partial charge in [0.05, 0.1) is 24.1 Å². The van der Waals surface area contributed by atoms with E-state index in [-0.39, 0.29) is 23.7 Å². The average molecular weight is 359 g/mol. The van der Waals surface area contributed by atoms with E-state index in [1.165, 1.54) is 24.3 Å². The van der Waals surface area contributed by atoms with Gasteiger partial charge in [-0.05, 0) is 43.7 Å². The van der Waals surface area contributed by atoms with Gasteiger partial charge >= 0.3 is 0 Å². The van der Waals surface area contributed by atoms with Gasteiger partial charge in [0.25, 0.3) is 0 Å². The summed E-state index contributed by atoms with van der Waals surface area (Å²) in [6.45, 7) is 4.50. The molecule has 0 aliphatic carbocycles. The number of Topliss-reactive ketones (excluding diaryl/α,β-unsaturated/α-hetero) is 1. The molecule has 0 heterocycles. The van der Waals surface area contributed by atoms with Crippen molar-refractivity contribution in [1.29, 1.82) is 0 Å². The number of nitrogens with zero attached hydrogens (tertiary/aromatic N) is 3. The third kappa shape index (κ3) is 4.88. The molecule has 0 unspecified atom stereocenters. The Balaban J connectivity index is 2.19. The molecule has 4 nitrogen and oxygen atoms in total. The molecule has 0 aliphatic rings. The molecule has 2 rings (SSSR count). The predicted octanol–water partition coefficient (Wildman–Crippen LogP) is 4.20. The zero-order valence-corrected chi connectivity index (χ0v) is 15.5. The third-order valence-corrected chi connectivity index (χ3v) is 4.11. The first-order valence-electron chi connectivity index (χ1n) is 8.36. The maximum Gasteiger partial charge on any atom is 0.185 e. The number of carbonyl (C=O) groups is 1. The Morgan fingerprint density at radius 3 is 2.58 bits per heavy atom. The molecule has 2 aromatic rings. The van der Waals surface area contributed by atoms with Crippen molar-refractivity contribution in [2.75, 3.05) is 32.1 Å². The van der Waals surface area contributed by atoms with Crippen LogP contribution in [0.25, 0.3) is 0 Å². The first kappa shape index (κ1) is 19.6. The highest BCUT2D eigenvalue weighted by molar-refractivity contribution is 6.00. The van der Waals surface area contributed by atoms with E-state index in [1.54, 1.807) is 37.3 Å². The maximum absolute atomic E-state index is 14.4. The first-order chi connectivity index (χ1) is 12.3. The van der Waals surface area contributed by atoms with Crippen LogP contribution in [0.3, 0.4) is 0 Å². The second-order valence-electron chi connectivity index (χ2n) is 6.20. The highest BCUT2D eigenvalue weighted by Gasteiger charge is 2.16. The summed E-state index contributed by atoms with van der Waals surface area (Å²) in [5.41, 5.74) is 1.76. The molecule has 0 N–H and O–H groups in total. The monoisotopic (exact) mass is 359 g/mol. The van der Waals surface area contributed by atoms with Crippen LogP contribution < -0.4 is 4.90 Å². The van der Waals surface area contributed by atoms with Gasteiger partial charge in [0.2, 0.25) is 0 Å². The quantitative estimate of drug-likeness (QED) is 0.422. The number of hydrogen-bond donors (Lipinski definition) is 0. The number of halogens is 2. The van der Waals surface area contributed by atoms with Crippen LogP contribution in [0.2, 0.25) is 0 Å². The number of anilines is 1. The molecule has 26 heavy (non-hydrogen) atoms. The van der Waals surface area contributed by atoms with E-state index >= 15 is 0 Å². The number of likely N-dealkylation sites (N-methyl/N-ethyl adjacent to an activating group) is 1. The van der Waals surface area contributed by atoms with Crippen molar-refractivity contribution in [3.05, 3.63) is 59.2 Å². The van der Waals surface area contributed by atoms with Crippen molar-refractivity contribution in [3.63, 3.8) is 0 Å². The molecule has 0 saturated heterocycles. The van der Waals surface area contributed by atoms with Gasteiger partial charge in [0.1, 0.15) is 11.6 Å². The van der Waals surface area contributed by atoms with Crippen LogP contribution in [0, 0.1) is 18.6 Å². The van der Waals surface area contributed by atoms with Crippen molar-refractivity contribution in [1.82, 2.24) is 4.90 Å². The largest absolute Gasteiger partial charge is 0.367 e. The van der Waals surface area contributed by atoms with Gasteiger partial charge in [0.15, 0.2) is 5.78 Å². The lowest BCUT2D eigenvalue weighted by Gasteiger charge is -2.19. The smallest absolute Gasteiger partial charge is 0.185 e. The van der Waals surface area contributed by atoms with Crippen LogP contribution in [-0.4, -0.2) is 44.2 Å². The van der Waals surface area contributed by atoms with E-state index in [2.05, 4.69) is 4.99 Å². The topological polar surface area (TPSA) is 35.9 Å². The van der Waals surface area contributed by atoms with Crippen LogP contribution in [0.4, 0.5) is 20.2 Å². The SMILES string of the molecule is CCN(C)C=Nc1cc(F)c(C(=O)CN(C)c2cccc(F)c2)cc1C. The molecular formula is C20H23F2N3O. The second kappa shape index (κ2) is 8.56. The van der Waals surface area contributed by atoms with E-state index in [1.807, 2.05) is 18.9 Å². The minimum absolute atomic E-state index is 0.00792. The van der Waals surface area contributed by atoms with Crippen molar-refractivity contribution in [3.8, 4) is 0 Å². The maximum atomic E-state index is 14.4. The Hall–Kier alpha value is -2.76. The molecule has 0 spiro atoms. The van der Waals surface area contributed by atoms with Crippen LogP contribution in [0.1, 0.15) is 22.8 Å². The molecule has 6 heteroatoms. The molecule has 0 aromatic heterocycles. The first-order valence-corrected chi connectivity index (χ1v) is 8.36. The summed E-state index contributed by atoms with van der Waals surface area (Å²) >= 11 is 0. The molecule has 0 amide bonds. The van der Waals surface area contributed by atoms with E-state index < -0.39 is 5.82 Å². The minimum Gasteiger partial charge on any atom is -0.367 e. The summed E-state index contributed by atoms with van der Waals surface area (Å²) in [4.78, 5) is 20.2. The van der Waals surface area contributed by atoms with Gasteiger partial charge < -0.3 is 9.80 Å². The fourth-order valence-electron chi connectivity index (χ4n) is 2.37. The zero-order chi connectivity index (χ0) is 19.3. The molecule has 138 valence electrons. The molecule has 0 atom stereocenters. The number of hydrogen-bond acceptors (Lipinski definition) is 3. The highest BCUT2D eigenvalue weighted by atomic mass is 19.1. The number of aliphatic imine (C=N–C) groups is 1. The van der Waals surface area contributed by atoms with Gasteiger partial charge in [-0.1, -0.05) is 6.07 Å². The summed E-state index contributed by atoms with van der Waals surface area (Å²) in [5.74, 6) is -1.37. The van der Waals surface area contributed by atoms with Gasteiger partial charge in [-0.25, -0.2) is 13.8 Å². The zero-order valence-electron chi connectivity index (χ0n) is 15.5. The van der Waals surface area contributed by atoms with Crippen LogP contribution in [-0.2, 0) is 0 Å².